The van der Waals surface area contributed by atoms with Crippen molar-refractivity contribution in [2.75, 3.05) is 6.54 Å². The standard InChI is InChI=1S/C19H23N/c1-3-9-17(10-4-1)15-19-13-7-8-14-20(19)16-18-11-5-2-6-12-18/h1-6,9-12,19H,7-8,13-16H2. The van der Waals surface area contributed by atoms with Crippen LogP contribution < -0.4 is 0 Å². The van der Waals surface area contributed by atoms with Gasteiger partial charge in [-0.05, 0) is 36.9 Å². The van der Waals surface area contributed by atoms with Crippen LogP contribution in [0.5, 0.6) is 0 Å². The minimum Gasteiger partial charge on any atom is -0.296 e. The Hall–Kier alpha value is -1.60. The van der Waals surface area contributed by atoms with E-state index in [2.05, 4.69) is 65.6 Å². The van der Waals surface area contributed by atoms with Crippen molar-refractivity contribution in [2.45, 2.75) is 38.3 Å². The van der Waals surface area contributed by atoms with Crippen LogP contribution in [0.15, 0.2) is 60.7 Å². The Balaban J connectivity index is 1.68. The van der Waals surface area contributed by atoms with Crippen LogP contribution in [0, 0.1) is 0 Å². The molecule has 1 heterocycles. The van der Waals surface area contributed by atoms with E-state index in [0.717, 1.165) is 6.54 Å². The minimum absolute atomic E-state index is 0.700. The monoisotopic (exact) mass is 265 g/mol. The van der Waals surface area contributed by atoms with Gasteiger partial charge in [-0.15, -0.1) is 0 Å². The molecule has 0 radical (unpaired) electrons. The first-order valence-corrected chi connectivity index (χ1v) is 7.74. The van der Waals surface area contributed by atoms with E-state index in [9.17, 15) is 0 Å². The molecule has 0 amide bonds. The van der Waals surface area contributed by atoms with Gasteiger partial charge in [0.1, 0.15) is 0 Å². The highest BCUT2D eigenvalue weighted by Gasteiger charge is 2.22. The molecule has 0 saturated carbocycles. The summed E-state index contributed by atoms with van der Waals surface area (Å²) in [5.74, 6) is 0. The minimum atomic E-state index is 0.700. The highest BCUT2D eigenvalue weighted by atomic mass is 15.2. The Bertz CT molecular complexity index is 456. The molecular formula is C19H23N. The summed E-state index contributed by atoms with van der Waals surface area (Å²) in [4.78, 5) is 2.67. The van der Waals surface area contributed by atoms with Crippen LogP contribution in [-0.2, 0) is 13.0 Å². The molecule has 1 unspecified atom stereocenters. The summed E-state index contributed by atoms with van der Waals surface area (Å²) in [5.41, 5.74) is 2.91. The lowest BCUT2D eigenvalue weighted by Gasteiger charge is -2.36. The molecule has 20 heavy (non-hydrogen) atoms. The third kappa shape index (κ3) is 3.49. The second-order valence-electron chi connectivity index (χ2n) is 5.80. The topological polar surface area (TPSA) is 3.24 Å². The van der Waals surface area contributed by atoms with Crippen molar-refractivity contribution in [3.63, 3.8) is 0 Å². The molecule has 1 nitrogen and oxygen atoms in total. The van der Waals surface area contributed by atoms with Crippen molar-refractivity contribution in [3.8, 4) is 0 Å². The Morgan fingerprint density at radius 1 is 0.800 bits per heavy atom. The van der Waals surface area contributed by atoms with Gasteiger partial charge in [0.15, 0.2) is 0 Å². The van der Waals surface area contributed by atoms with Crippen LogP contribution >= 0.6 is 0 Å². The van der Waals surface area contributed by atoms with Crippen molar-refractivity contribution in [1.82, 2.24) is 4.90 Å². The van der Waals surface area contributed by atoms with E-state index in [4.69, 9.17) is 0 Å². The second-order valence-corrected chi connectivity index (χ2v) is 5.80. The predicted molar refractivity (Wildman–Crippen MR) is 84.6 cm³/mol. The number of hydrogen-bond acceptors (Lipinski definition) is 1. The molecule has 1 aliphatic rings. The molecule has 1 saturated heterocycles. The average molecular weight is 265 g/mol. The van der Waals surface area contributed by atoms with Crippen LogP contribution in [0.4, 0.5) is 0 Å². The maximum Gasteiger partial charge on any atom is 0.0236 e. The summed E-state index contributed by atoms with van der Waals surface area (Å²) in [7, 11) is 0. The van der Waals surface area contributed by atoms with Gasteiger partial charge in [0.05, 0.1) is 0 Å². The third-order valence-electron chi connectivity index (χ3n) is 4.29. The van der Waals surface area contributed by atoms with E-state index >= 15 is 0 Å². The van der Waals surface area contributed by atoms with Crippen LogP contribution in [-0.4, -0.2) is 17.5 Å². The molecule has 0 aliphatic carbocycles. The third-order valence-corrected chi connectivity index (χ3v) is 4.29. The van der Waals surface area contributed by atoms with Gasteiger partial charge < -0.3 is 0 Å². The highest BCUT2D eigenvalue weighted by Crippen LogP contribution is 2.22. The summed E-state index contributed by atoms with van der Waals surface area (Å²) in [5, 5.41) is 0. The molecule has 1 atom stereocenters. The van der Waals surface area contributed by atoms with Gasteiger partial charge in [0, 0.05) is 12.6 Å². The van der Waals surface area contributed by atoms with Gasteiger partial charge in [-0.1, -0.05) is 67.1 Å². The van der Waals surface area contributed by atoms with E-state index in [1.165, 1.54) is 43.4 Å². The maximum absolute atomic E-state index is 2.67. The summed E-state index contributed by atoms with van der Waals surface area (Å²) in [6.07, 6.45) is 5.25. The number of nitrogens with zero attached hydrogens (tertiary/aromatic N) is 1. The molecule has 2 aromatic rings. The Kier molecular flexibility index (Phi) is 4.49. The van der Waals surface area contributed by atoms with Gasteiger partial charge in [-0.2, -0.15) is 0 Å². The molecule has 1 aliphatic heterocycles. The fourth-order valence-electron chi connectivity index (χ4n) is 3.20. The summed E-state index contributed by atoms with van der Waals surface area (Å²) >= 11 is 0. The van der Waals surface area contributed by atoms with Gasteiger partial charge >= 0.3 is 0 Å². The first-order valence-electron chi connectivity index (χ1n) is 7.74. The van der Waals surface area contributed by atoms with Gasteiger partial charge in [-0.3, -0.25) is 4.90 Å². The quantitative estimate of drug-likeness (QED) is 0.797. The molecule has 0 aromatic heterocycles. The molecule has 2 aromatic carbocycles. The first kappa shape index (κ1) is 13.4. The van der Waals surface area contributed by atoms with Crippen LogP contribution in [0.3, 0.4) is 0 Å². The second kappa shape index (κ2) is 6.71. The van der Waals surface area contributed by atoms with E-state index in [1.54, 1.807) is 0 Å². The van der Waals surface area contributed by atoms with Crippen molar-refractivity contribution in [3.05, 3.63) is 71.8 Å². The Morgan fingerprint density at radius 3 is 2.15 bits per heavy atom. The average Bonchev–Trinajstić information content (AvgIpc) is 2.51. The number of rotatable bonds is 4. The molecule has 1 heteroatoms. The lowest BCUT2D eigenvalue weighted by molar-refractivity contribution is 0.139. The van der Waals surface area contributed by atoms with E-state index in [-0.39, 0.29) is 0 Å². The summed E-state index contributed by atoms with van der Waals surface area (Å²) < 4.78 is 0. The molecule has 3 rings (SSSR count). The SMILES string of the molecule is c1ccc(CC2CCCCN2Cc2ccccc2)cc1. The Morgan fingerprint density at radius 2 is 1.45 bits per heavy atom. The van der Waals surface area contributed by atoms with Gasteiger partial charge in [-0.25, -0.2) is 0 Å². The smallest absolute Gasteiger partial charge is 0.0236 e. The highest BCUT2D eigenvalue weighted by molar-refractivity contribution is 5.17. The molecule has 0 spiro atoms. The molecule has 0 bridgehead atoms. The lowest BCUT2D eigenvalue weighted by atomic mass is 9.95. The molecule has 104 valence electrons. The zero-order valence-electron chi connectivity index (χ0n) is 12.0. The fourth-order valence-corrected chi connectivity index (χ4v) is 3.20. The van der Waals surface area contributed by atoms with Crippen molar-refractivity contribution in [1.29, 1.82) is 0 Å². The van der Waals surface area contributed by atoms with Gasteiger partial charge in [0.2, 0.25) is 0 Å². The molecular weight excluding hydrogens is 242 g/mol. The lowest BCUT2D eigenvalue weighted by Crippen LogP contribution is -2.40. The van der Waals surface area contributed by atoms with Crippen molar-refractivity contribution >= 4 is 0 Å². The van der Waals surface area contributed by atoms with Crippen LogP contribution in [0.1, 0.15) is 30.4 Å². The maximum atomic E-state index is 2.67. The van der Waals surface area contributed by atoms with E-state index < -0.39 is 0 Å². The van der Waals surface area contributed by atoms with E-state index in [0.29, 0.717) is 6.04 Å². The van der Waals surface area contributed by atoms with Crippen LogP contribution in [0.25, 0.3) is 0 Å². The summed E-state index contributed by atoms with van der Waals surface area (Å²) in [6, 6.07) is 22.5. The normalized spacial score (nSPS) is 19.9. The fraction of sp³-hybridized carbons (Fsp3) is 0.368. The van der Waals surface area contributed by atoms with Crippen molar-refractivity contribution < 1.29 is 0 Å². The number of piperidine rings is 1. The zero-order chi connectivity index (χ0) is 13.6. The van der Waals surface area contributed by atoms with Crippen molar-refractivity contribution in [2.24, 2.45) is 0 Å². The molecule has 1 fully saturated rings. The van der Waals surface area contributed by atoms with E-state index in [1.807, 2.05) is 0 Å². The Labute approximate surface area is 122 Å². The largest absolute Gasteiger partial charge is 0.296 e. The predicted octanol–water partition coefficient (Wildman–Crippen LogP) is 4.28. The first-order chi connectivity index (χ1) is 9.92. The number of benzene rings is 2. The van der Waals surface area contributed by atoms with Crippen LogP contribution in [0.2, 0.25) is 0 Å². The van der Waals surface area contributed by atoms with Gasteiger partial charge in [0.25, 0.3) is 0 Å². The zero-order valence-corrected chi connectivity index (χ0v) is 12.0. The number of hydrogen-bond donors (Lipinski definition) is 0. The summed E-state index contributed by atoms with van der Waals surface area (Å²) in [6.45, 7) is 2.34. The molecule has 0 N–H and O–H groups in total. The number of likely N-dealkylation sites (tertiary alicyclic amines) is 1.